The van der Waals surface area contributed by atoms with Gasteiger partial charge in [0.15, 0.2) is 4.91 Å². The normalized spacial score (nSPS) is 17.6. The van der Waals surface area contributed by atoms with Gasteiger partial charge in [-0.25, -0.2) is 8.42 Å². The average Bonchev–Trinajstić information content (AvgIpc) is 3.22. The minimum absolute atomic E-state index is 0.00549. The zero-order valence-electron chi connectivity index (χ0n) is 15.3. The highest BCUT2D eigenvalue weighted by Gasteiger charge is 2.38. The van der Waals surface area contributed by atoms with Crippen molar-refractivity contribution in [3.8, 4) is 0 Å². The third-order valence-electron chi connectivity index (χ3n) is 5.04. The molecule has 0 radical (unpaired) electrons. The number of carbonyl (C=O) groups excluding carboxylic acids is 2. The first-order chi connectivity index (χ1) is 13.8. The van der Waals surface area contributed by atoms with Gasteiger partial charge in [0.2, 0.25) is 15.7 Å². The number of benzene rings is 2. The smallest absolute Gasteiger partial charge is 0.267 e. The van der Waals surface area contributed by atoms with Crippen LogP contribution in [0.4, 0.5) is 11.4 Å². The minimum atomic E-state index is -4.00. The molecule has 7 nitrogen and oxygen atoms in total. The van der Waals surface area contributed by atoms with Crippen molar-refractivity contribution in [1.29, 1.82) is 0 Å². The number of carbonyl (C=O) groups is 2. The highest BCUT2D eigenvalue weighted by atomic mass is 35.5. The topological polar surface area (TPSA) is 101 Å². The van der Waals surface area contributed by atoms with Crippen LogP contribution in [-0.2, 0) is 14.6 Å². The predicted molar refractivity (Wildman–Crippen MR) is 110 cm³/mol. The minimum Gasteiger partial charge on any atom is -0.366 e. The number of hydrogen-bond acceptors (Lipinski definition) is 5. The monoisotopic (exact) mass is 431 g/mol. The molecule has 2 aliphatic heterocycles. The average molecular weight is 432 g/mol. The fourth-order valence-electron chi connectivity index (χ4n) is 3.53. The lowest BCUT2D eigenvalue weighted by molar-refractivity contribution is -0.125. The van der Waals surface area contributed by atoms with E-state index in [1.54, 1.807) is 34.1 Å². The Labute approximate surface area is 173 Å². The summed E-state index contributed by atoms with van der Waals surface area (Å²) in [5.41, 5.74) is 6.52. The van der Waals surface area contributed by atoms with Gasteiger partial charge in [-0.15, -0.1) is 0 Å². The second-order valence-corrected chi connectivity index (χ2v) is 9.21. The molecule has 2 amide bonds. The van der Waals surface area contributed by atoms with E-state index in [1.807, 2.05) is 0 Å². The van der Waals surface area contributed by atoms with Crippen LogP contribution < -0.4 is 10.6 Å². The van der Waals surface area contributed by atoms with Crippen LogP contribution in [0.25, 0.3) is 0 Å². The zero-order valence-corrected chi connectivity index (χ0v) is 16.9. The number of fused-ring (bicyclic) bond motifs is 1. The number of likely N-dealkylation sites (tertiary alicyclic amines) is 1. The maximum absolute atomic E-state index is 13.2. The molecule has 150 valence electrons. The quantitative estimate of drug-likeness (QED) is 0.805. The van der Waals surface area contributed by atoms with Crippen molar-refractivity contribution in [3.63, 3.8) is 0 Å². The molecule has 0 aliphatic carbocycles. The first-order valence-corrected chi connectivity index (χ1v) is 10.9. The third kappa shape index (κ3) is 3.38. The molecule has 0 atom stereocenters. The van der Waals surface area contributed by atoms with Gasteiger partial charge in [-0.1, -0.05) is 11.6 Å². The van der Waals surface area contributed by atoms with Crippen molar-refractivity contribution in [2.45, 2.75) is 17.7 Å². The molecule has 1 fully saturated rings. The number of halogens is 1. The maximum atomic E-state index is 13.2. The lowest BCUT2D eigenvalue weighted by Crippen LogP contribution is -2.35. The lowest BCUT2D eigenvalue weighted by Gasteiger charge is -2.30. The summed E-state index contributed by atoms with van der Waals surface area (Å²) in [7, 11) is -4.00. The van der Waals surface area contributed by atoms with Crippen molar-refractivity contribution in [2.75, 3.05) is 18.0 Å². The van der Waals surface area contributed by atoms with Gasteiger partial charge in [0.1, 0.15) is 0 Å². The fourth-order valence-corrected chi connectivity index (χ4v) is 5.21. The number of nitrogens with zero attached hydrogens (tertiary/aromatic N) is 2. The van der Waals surface area contributed by atoms with Gasteiger partial charge in [-0.3, -0.25) is 9.59 Å². The summed E-state index contributed by atoms with van der Waals surface area (Å²) in [4.78, 5) is 27.2. The van der Waals surface area contributed by atoms with Gasteiger partial charge in [0, 0.05) is 35.6 Å². The van der Waals surface area contributed by atoms with Gasteiger partial charge in [0.05, 0.1) is 10.6 Å². The largest absolute Gasteiger partial charge is 0.366 e. The molecule has 0 saturated carbocycles. The molecule has 2 N–H and O–H groups in total. The predicted octanol–water partition coefficient (Wildman–Crippen LogP) is 2.83. The number of nitrogens with two attached hydrogens (primary N) is 1. The molecule has 0 unspecified atom stereocenters. The highest BCUT2D eigenvalue weighted by Crippen LogP contribution is 2.41. The number of rotatable bonds is 3. The van der Waals surface area contributed by atoms with E-state index in [0.29, 0.717) is 35.1 Å². The Morgan fingerprint density at radius 1 is 1.00 bits per heavy atom. The molecule has 2 heterocycles. The Morgan fingerprint density at radius 2 is 1.66 bits per heavy atom. The van der Waals surface area contributed by atoms with E-state index in [4.69, 9.17) is 17.3 Å². The maximum Gasteiger partial charge on any atom is 0.267 e. The Kier molecular flexibility index (Phi) is 4.84. The van der Waals surface area contributed by atoms with Gasteiger partial charge in [-0.2, -0.15) is 0 Å². The van der Waals surface area contributed by atoms with Crippen LogP contribution in [0.1, 0.15) is 23.2 Å². The fraction of sp³-hybridized carbons (Fsp3) is 0.200. The summed E-state index contributed by atoms with van der Waals surface area (Å²) in [6.45, 7) is 1.07. The molecule has 1 saturated heterocycles. The summed E-state index contributed by atoms with van der Waals surface area (Å²) >= 11 is 6.11. The van der Waals surface area contributed by atoms with Crippen molar-refractivity contribution < 1.29 is 18.0 Å². The van der Waals surface area contributed by atoms with Crippen LogP contribution in [0.2, 0.25) is 5.02 Å². The van der Waals surface area contributed by atoms with E-state index < -0.39 is 21.7 Å². The van der Waals surface area contributed by atoms with Crippen molar-refractivity contribution >= 4 is 44.6 Å². The summed E-state index contributed by atoms with van der Waals surface area (Å²) in [6.07, 6.45) is 3.03. The summed E-state index contributed by atoms with van der Waals surface area (Å²) in [6, 6.07) is 10.8. The molecule has 0 bridgehead atoms. The molecule has 0 aromatic heterocycles. The van der Waals surface area contributed by atoms with E-state index >= 15 is 0 Å². The van der Waals surface area contributed by atoms with E-state index in [-0.39, 0.29) is 9.80 Å². The molecule has 9 heteroatoms. The molecular weight excluding hydrogens is 414 g/mol. The second kappa shape index (κ2) is 7.20. The molecule has 2 aromatic rings. The first-order valence-electron chi connectivity index (χ1n) is 9.04. The van der Waals surface area contributed by atoms with E-state index in [1.165, 1.54) is 24.4 Å². The number of primary amides is 1. The van der Waals surface area contributed by atoms with Crippen LogP contribution in [0.3, 0.4) is 0 Å². The second-order valence-electron chi connectivity index (χ2n) is 6.89. The lowest BCUT2D eigenvalue weighted by atomic mass is 10.1. The number of hydrogen-bond donors (Lipinski definition) is 1. The van der Waals surface area contributed by atoms with Crippen molar-refractivity contribution in [1.82, 2.24) is 4.90 Å². The van der Waals surface area contributed by atoms with Gasteiger partial charge >= 0.3 is 0 Å². The van der Waals surface area contributed by atoms with Crippen LogP contribution in [0, 0.1) is 0 Å². The molecule has 4 rings (SSSR count). The Morgan fingerprint density at radius 3 is 2.28 bits per heavy atom. The molecule has 29 heavy (non-hydrogen) atoms. The SMILES string of the molecule is NC(=O)c1ccc(N2C=C(C(=O)N3CCCC3)S(=O)(=O)c3ccc(Cl)cc32)cc1. The summed E-state index contributed by atoms with van der Waals surface area (Å²) < 4.78 is 26.4. The highest BCUT2D eigenvalue weighted by molar-refractivity contribution is 7.96. The number of sulfone groups is 1. The van der Waals surface area contributed by atoms with Gasteiger partial charge < -0.3 is 15.5 Å². The van der Waals surface area contributed by atoms with Crippen molar-refractivity contribution in [3.05, 3.63) is 64.2 Å². The zero-order chi connectivity index (χ0) is 20.8. The van der Waals surface area contributed by atoms with Gasteiger partial charge in [-0.05, 0) is 55.3 Å². The summed E-state index contributed by atoms with van der Waals surface area (Å²) in [5.74, 6) is -1.08. The number of amides is 2. The van der Waals surface area contributed by atoms with Gasteiger partial charge in [0.25, 0.3) is 5.91 Å². The van der Waals surface area contributed by atoms with E-state index in [0.717, 1.165) is 12.8 Å². The van der Waals surface area contributed by atoms with Crippen LogP contribution in [-0.4, -0.2) is 38.2 Å². The first kappa shape index (κ1) is 19.5. The molecule has 0 spiro atoms. The molecule has 2 aromatic carbocycles. The number of anilines is 2. The third-order valence-corrected chi connectivity index (χ3v) is 7.06. The van der Waals surface area contributed by atoms with Crippen LogP contribution >= 0.6 is 11.6 Å². The molecular formula is C20H18ClN3O4S. The van der Waals surface area contributed by atoms with E-state index in [9.17, 15) is 18.0 Å². The standard InChI is InChI=1S/C20H18ClN3O4S/c21-14-5-8-17-16(11-14)24(15-6-3-13(4-7-15)19(22)25)12-18(29(17,27)28)20(26)23-9-1-2-10-23/h3-8,11-12H,1-2,9-10H2,(H2,22,25). The summed E-state index contributed by atoms with van der Waals surface area (Å²) in [5, 5.41) is 0.362. The van der Waals surface area contributed by atoms with Crippen molar-refractivity contribution in [2.24, 2.45) is 5.73 Å². The van der Waals surface area contributed by atoms with Crippen LogP contribution in [0.15, 0.2) is 58.5 Å². The molecule has 2 aliphatic rings. The Bertz CT molecular complexity index is 1140. The Hall–Kier alpha value is -2.84. The Balaban J connectivity index is 1.87. The van der Waals surface area contributed by atoms with E-state index in [2.05, 4.69) is 0 Å². The van der Waals surface area contributed by atoms with Crippen LogP contribution in [0.5, 0.6) is 0 Å².